The van der Waals surface area contributed by atoms with Gasteiger partial charge < -0.3 is 14.9 Å². The Morgan fingerprint density at radius 1 is 1.07 bits per heavy atom. The Morgan fingerprint density at radius 3 is 2.55 bits per heavy atom. The number of fused-ring (bicyclic) bond motifs is 5. The lowest BCUT2D eigenvalue weighted by Crippen LogP contribution is -2.52. The summed E-state index contributed by atoms with van der Waals surface area (Å²) < 4.78 is 6.32. The Morgan fingerprint density at radius 2 is 1.83 bits per heavy atom. The molecule has 3 saturated carbocycles. The predicted octanol–water partition coefficient (Wildman–Crippen LogP) is 5.27. The quantitative estimate of drug-likeness (QED) is 0.659. The molecular weight excluding hydrogens is 360 g/mol. The summed E-state index contributed by atoms with van der Waals surface area (Å²) in [6.45, 7) is 12.5. The average Bonchev–Trinajstić information content (AvgIpc) is 3.00. The number of rotatable bonds is 5. The second kappa shape index (κ2) is 7.80. The third kappa shape index (κ3) is 3.46. The van der Waals surface area contributed by atoms with Crippen molar-refractivity contribution in [3.8, 4) is 0 Å². The van der Waals surface area contributed by atoms with Gasteiger partial charge in [-0.05, 0) is 74.5 Å². The first-order valence-electron chi connectivity index (χ1n) is 12.1. The summed E-state index contributed by atoms with van der Waals surface area (Å²) in [5, 5.41) is 21.2. The van der Waals surface area contributed by atoms with Crippen LogP contribution in [-0.2, 0) is 4.74 Å². The van der Waals surface area contributed by atoms with Gasteiger partial charge in [0.05, 0.1) is 18.3 Å². The van der Waals surface area contributed by atoms with Crippen LogP contribution < -0.4 is 0 Å². The Balaban J connectivity index is 1.55. The number of hydrogen-bond acceptors (Lipinski definition) is 3. The predicted molar refractivity (Wildman–Crippen MR) is 117 cm³/mol. The maximum Gasteiger partial charge on any atom is 0.0661 e. The normalized spacial score (nSPS) is 45.2. The first kappa shape index (κ1) is 21.6. The summed E-state index contributed by atoms with van der Waals surface area (Å²) in [6.07, 6.45) is 11.4. The van der Waals surface area contributed by atoms with Crippen molar-refractivity contribution in [2.75, 3.05) is 6.61 Å². The molecule has 4 rings (SSSR count). The summed E-state index contributed by atoms with van der Waals surface area (Å²) in [5.41, 5.74) is 2.96. The molecule has 0 aromatic rings. The van der Waals surface area contributed by atoms with Crippen LogP contribution >= 0.6 is 0 Å². The van der Waals surface area contributed by atoms with Gasteiger partial charge >= 0.3 is 0 Å². The third-order valence-corrected chi connectivity index (χ3v) is 9.36. The second-order valence-electron chi connectivity index (χ2n) is 11.3. The van der Waals surface area contributed by atoms with Crippen molar-refractivity contribution in [3.05, 3.63) is 23.3 Å². The largest absolute Gasteiger partial charge is 0.393 e. The first-order chi connectivity index (χ1) is 13.7. The number of aliphatic hydroxyl groups is 2. The van der Waals surface area contributed by atoms with Crippen LogP contribution in [0.3, 0.4) is 0 Å². The van der Waals surface area contributed by atoms with Gasteiger partial charge in [0.1, 0.15) is 0 Å². The van der Waals surface area contributed by atoms with Crippen molar-refractivity contribution >= 4 is 0 Å². The molecule has 3 unspecified atom stereocenters. The molecule has 8 atom stereocenters. The van der Waals surface area contributed by atoms with Gasteiger partial charge in [0.25, 0.3) is 0 Å². The van der Waals surface area contributed by atoms with Crippen LogP contribution in [0.5, 0.6) is 0 Å². The van der Waals surface area contributed by atoms with Crippen LogP contribution in [0.25, 0.3) is 0 Å². The smallest absolute Gasteiger partial charge is 0.0661 e. The zero-order valence-electron chi connectivity index (χ0n) is 19.2. The minimum atomic E-state index is -0.439. The summed E-state index contributed by atoms with van der Waals surface area (Å²) in [6, 6.07) is 0. The van der Waals surface area contributed by atoms with Crippen LogP contribution in [0.15, 0.2) is 23.3 Å². The van der Waals surface area contributed by atoms with E-state index in [1.54, 1.807) is 5.57 Å². The van der Waals surface area contributed by atoms with E-state index in [0.717, 1.165) is 25.9 Å². The molecule has 0 spiro atoms. The lowest BCUT2D eigenvalue weighted by Gasteiger charge is -2.56. The van der Waals surface area contributed by atoms with Crippen LogP contribution in [0.4, 0.5) is 0 Å². The van der Waals surface area contributed by atoms with E-state index in [-0.39, 0.29) is 5.41 Å². The Bertz CT molecular complexity index is 679. The zero-order valence-corrected chi connectivity index (χ0v) is 19.2. The fraction of sp³-hybridized carbons (Fsp3) is 0.846. The molecular formula is C26H42O3. The monoisotopic (exact) mass is 402 g/mol. The Kier molecular flexibility index (Phi) is 5.81. The fourth-order valence-corrected chi connectivity index (χ4v) is 7.47. The van der Waals surface area contributed by atoms with Crippen molar-refractivity contribution in [1.82, 2.24) is 0 Å². The van der Waals surface area contributed by atoms with E-state index in [1.165, 1.54) is 24.8 Å². The minimum Gasteiger partial charge on any atom is -0.393 e. The van der Waals surface area contributed by atoms with E-state index in [2.05, 4.69) is 46.8 Å². The van der Waals surface area contributed by atoms with E-state index in [0.29, 0.717) is 41.6 Å². The molecule has 0 aliphatic heterocycles. The molecule has 0 amide bonds. The lowest BCUT2D eigenvalue weighted by atomic mass is 9.49. The van der Waals surface area contributed by atoms with Gasteiger partial charge in [-0.2, -0.15) is 0 Å². The minimum absolute atomic E-state index is 0.192. The number of hydrogen-bond donors (Lipinski definition) is 2. The van der Waals surface area contributed by atoms with Gasteiger partial charge in [-0.1, -0.05) is 51.0 Å². The highest BCUT2D eigenvalue weighted by Gasteiger charge is 2.59. The number of aliphatic hydroxyl groups excluding tert-OH is 2. The molecule has 4 aliphatic rings. The molecule has 2 N–H and O–H groups in total. The maximum absolute atomic E-state index is 11.0. The first-order valence-corrected chi connectivity index (χ1v) is 12.1. The molecule has 0 radical (unpaired) electrons. The van der Waals surface area contributed by atoms with Crippen molar-refractivity contribution in [2.24, 2.45) is 34.5 Å². The van der Waals surface area contributed by atoms with E-state index >= 15 is 0 Å². The van der Waals surface area contributed by atoms with Crippen LogP contribution in [0, 0.1) is 34.5 Å². The highest BCUT2D eigenvalue weighted by Crippen LogP contribution is 2.65. The second-order valence-corrected chi connectivity index (χ2v) is 11.3. The summed E-state index contributed by atoms with van der Waals surface area (Å²) in [5.74, 6) is 2.35. The highest BCUT2D eigenvalue weighted by molar-refractivity contribution is 5.40. The molecule has 3 heteroatoms. The van der Waals surface area contributed by atoms with Gasteiger partial charge in [0, 0.05) is 18.4 Å². The van der Waals surface area contributed by atoms with Crippen LogP contribution in [0.2, 0.25) is 0 Å². The van der Waals surface area contributed by atoms with Gasteiger partial charge in [-0.25, -0.2) is 0 Å². The molecule has 0 aromatic carbocycles. The molecule has 0 saturated heterocycles. The third-order valence-electron chi connectivity index (χ3n) is 9.36. The Labute approximate surface area is 177 Å². The number of ether oxygens (including phenoxy) is 1. The lowest BCUT2D eigenvalue weighted by molar-refractivity contribution is -0.0649. The molecule has 0 heterocycles. The average molecular weight is 403 g/mol. The van der Waals surface area contributed by atoms with Crippen LogP contribution in [0.1, 0.15) is 79.6 Å². The summed E-state index contributed by atoms with van der Waals surface area (Å²) in [4.78, 5) is 0. The van der Waals surface area contributed by atoms with E-state index in [9.17, 15) is 10.2 Å². The van der Waals surface area contributed by atoms with Gasteiger partial charge in [-0.15, -0.1) is 0 Å². The van der Waals surface area contributed by atoms with Crippen LogP contribution in [-0.4, -0.2) is 35.1 Å². The zero-order chi connectivity index (χ0) is 21.0. The molecule has 164 valence electrons. The van der Waals surface area contributed by atoms with E-state index in [4.69, 9.17) is 4.74 Å². The van der Waals surface area contributed by atoms with Gasteiger partial charge in [-0.3, -0.25) is 0 Å². The fourth-order valence-electron chi connectivity index (χ4n) is 7.47. The van der Waals surface area contributed by atoms with Crippen molar-refractivity contribution in [1.29, 1.82) is 0 Å². The summed E-state index contributed by atoms with van der Waals surface area (Å²) >= 11 is 0. The van der Waals surface area contributed by atoms with E-state index in [1.807, 2.05) is 0 Å². The van der Waals surface area contributed by atoms with Crippen molar-refractivity contribution in [2.45, 2.75) is 97.9 Å². The topological polar surface area (TPSA) is 49.7 Å². The standard InChI is InChI=1S/C26H42O3/c1-16(2)11-13-29-17(3)21-8-9-22-20-7-6-18-14-19(27)15-24(28)26(18,5)23(20)10-12-25(21,22)4/h6-7,16-17,19,21-24,27-28H,8-15H2,1-5H3/t17?,19?,21-,22+,23+,24?,25-,26+/m1/s1. The molecule has 29 heavy (non-hydrogen) atoms. The van der Waals surface area contributed by atoms with Gasteiger partial charge in [0.2, 0.25) is 0 Å². The van der Waals surface area contributed by atoms with Crippen molar-refractivity contribution in [3.63, 3.8) is 0 Å². The Hall–Kier alpha value is -0.640. The van der Waals surface area contributed by atoms with Crippen molar-refractivity contribution < 1.29 is 14.9 Å². The molecule has 3 fully saturated rings. The molecule has 0 aromatic heterocycles. The van der Waals surface area contributed by atoms with E-state index < -0.39 is 12.2 Å². The SMILES string of the molecule is CC(C)CCOC(C)[C@H]1CC[C@H]2C3=CC=C4CC(O)CC(O)[C@]4(C)[C@H]3CC[C@]12C. The highest BCUT2D eigenvalue weighted by atomic mass is 16.5. The summed E-state index contributed by atoms with van der Waals surface area (Å²) in [7, 11) is 0. The molecule has 4 aliphatic carbocycles. The molecule has 0 bridgehead atoms. The number of allylic oxidation sites excluding steroid dienone is 3. The molecule has 3 nitrogen and oxygen atoms in total. The van der Waals surface area contributed by atoms with Gasteiger partial charge in [0.15, 0.2) is 0 Å². The maximum atomic E-state index is 11.0.